The number of rotatable bonds is 46. The molecule has 23 heteroatoms. The average Bonchev–Trinajstić information content (AvgIpc) is 0.803. The minimum atomic E-state index is -1.05. The van der Waals surface area contributed by atoms with Crippen molar-refractivity contribution >= 4 is 64.1 Å². The second-order valence-corrected chi connectivity index (χ2v) is 27.3. The second kappa shape index (κ2) is 43.8. The van der Waals surface area contributed by atoms with E-state index in [1.54, 1.807) is 50.5 Å². The standard InChI is InChI=1S/C77H114N10O13/c1-10-16-21-26-31-36-41-83-46-56(71(93)79-62-52-85(43-38-33-28-23-18-12-3)48-58(68(62)90)73(95)81-64-54-87(45-40-35-30-25-20-14-5)50-60(70(64)92)75(97)99-15-6)66(88)61(51-83)78-72(94)57-47-84(42-37-32-27-22-17-11-2)53-63(67(57)89)80-74(96)59-49-86(44-39-34-29-24-19-13-4)55-65(69(59)91)82-76(98)100-77(7,8)9/h46-55H,10-45H2,1-9H3,(H,78,94)(H,79,93)(H,80,96)(H,81,95)(H,82,98). The molecule has 23 nitrogen and oxygen atoms in total. The molecular formula is C77H114N10O13. The first kappa shape index (κ1) is 82.0. The van der Waals surface area contributed by atoms with E-state index in [4.69, 9.17) is 9.47 Å². The first-order valence-electron chi connectivity index (χ1n) is 37.2. The van der Waals surface area contributed by atoms with E-state index in [0.717, 1.165) is 167 Å². The van der Waals surface area contributed by atoms with E-state index in [-0.39, 0.29) is 47.2 Å². The van der Waals surface area contributed by atoms with Gasteiger partial charge in [-0.25, -0.2) is 9.59 Å². The van der Waals surface area contributed by atoms with Gasteiger partial charge in [-0.1, -0.05) is 195 Å². The van der Waals surface area contributed by atoms with Gasteiger partial charge in [0, 0.05) is 94.7 Å². The quantitative estimate of drug-likeness (QED) is 0.0179. The van der Waals surface area contributed by atoms with Crippen LogP contribution in [0.2, 0.25) is 0 Å². The number of aryl methyl sites for hydroxylation is 5. The van der Waals surface area contributed by atoms with Crippen molar-refractivity contribution in [3.8, 4) is 0 Å². The lowest BCUT2D eigenvalue weighted by molar-refractivity contribution is 0.0522. The zero-order chi connectivity index (χ0) is 73.0. The fourth-order valence-corrected chi connectivity index (χ4v) is 11.8. The van der Waals surface area contributed by atoms with Gasteiger partial charge in [-0.05, 0) is 59.8 Å². The van der Waals surface area contributed by atoms with Gasteiger partial charge in [-0.2, -0.15) is 0 Å². The van der Waals surface area contributed by atoms with Crippen LogP contribution in [0.5, 0.6) is 0 Å². The minimum absolute atomic E-state index is 0.00262. The summed E-state index contributed by atoms with van der Waals surface area (Å²) in [5, 5.41) is 12.9. The Morgan fingerprint density at radius 1 is 0.300 bits per heavy atom. The van der Waals surface area contributed by atoms with Crippen LogP contribution in [-0.2, 0) is 42.2 Å². The Hall–Kier alpha value is -8.63. The highest BCUT2D eigenvalue weighted by atomic mass is 16.6. The summed E-state index contributed by atoms with van der Waals surface area (Å²) in [5.74, 6) is -4.97. The number of hydrogen-bond donors (Lipinski definition) is 5. The fraction of sp³-hybridized carbons (Fsp3) is 0.597. The molecule has 0 saturated carbocycles. The lowest BCUT2D eigenvalue weighted by atomic mass is 10.1. The molecule has 0 bridgehead atoms. The highest BCUT2D eigenvalue weighted by Gasteiger charge is 2.27. The Balaban J connectivity index is 1.58. The molecule has 550 valence electrons. The van der Waals surface area contributed by atoms with Gasteiger partial charge in [-0.3, -0.25) is 48.5 Å². The van der Waals surface area contributed by atoms with Crippen LogP contribution in [0.25, 0.3) is 0 Å². The summed E-state index contributed by atoms with van der Waals surface area (Å²) >= 11 is 0. The molecule has 0 atom stereocenters. The smallest absolute Gasteiger partial charge is 0.412 e. The summed E-state index contributed by atoms with van der Waals surface area (Å²) in [7, 11) is 0. The minimum Gasteiger partial charge on any atom is -0.462 e. The first-order chi connectivity index (χ1) is 48.1. The van der Waals surface area contributed by atoms with E-state index in [9.17, 15) is 52.7 Å². The molecule has 0 aliphatic heterocycles. The number of amides is 5. The Morgan fingerprint density at radius 3 is 0.740 bits per heavy atom. The molecule has 0 saturated heterocycles. The summed E-state index contributed by atoms with van der Waals surface area (Å²) in [5.41, 5.74) is -9.14. The van der Waals surface area contributed by atoms with Gasteiger partial charge in [-0.15, -0.1) is 0 Å². The number of ether oxygens (including phenoxy) is 2. The monoisotopic (exact) mass is 1390 g/mol. The summed E-state index contributed by atoms with van der Waals surface area (Å²) in [6.07, 6.45) is 41.0. The largest absolute Gasteiger partial charge is 0.462 e. The van der Waals surface area contributed by atoms with E-state index in [1.165, 1.54) is 62.0 Å². The van der Waals surface area contributed by atoms with Gasteiger partial charge in [0.2, 0.25) is 27.1 Å². The van der Waals surface area contributed by atoms with Crippen molar-refractivity contribution in [3.05, 3.63) is 141 Å². The lowest BCUT2D eigenvalue weighted by Gasteiger charge is -2.20. The van der Waals surface area contributed by atoms with Crippen molar-refractivity contribution in [1.82, 2.24) is 22.8 Å². The molecule has 0 spiro atoms. The van der Waals surface area contributed by atoms with Crippen LogP contribution in [0.3, 0.4) is 0 Å². The number of nitrogens with zero attached hydrogens (tertiary/aromatic N) is 5. The maximum atomic E-state index is 14.9. The third kappa shape index (κ3) is 27.5. The molecule has 100 heavy (non-hydrogen) atoms. The molecule has 5 amide bonds. The van der Waals surface area contributed by atoms with Gasteiger partial charge in [0.1, 0.15) is 61.9 Å². The van der Waals surface area contributed by atoms with Gasteiger partial charge < -0.3 is 53.6 Å². The predicted octanol–water partition coefficient (Wildman–Crippen LogP) is 15.8. The molecular weight excluding hydrogens is 1270 g/mol. The zero-order valence-corrected chi connectivity index (χ0v) is 61.3. The molecule has 5 N–H and O–H groups in total. The number of anilines is 5. The van der Waals surface area contributed by atoms with E-state index in [1.807, 2.05) is 0 Å². The molecule has 0 aromatic carbocycles. The van der Waals surface area contributed by atoms with Gasteiger partial charge >= 0.3 is 12.1 Å². The number of unbranched alkanes of at least 4 members (excludes halogenated alkanes) is 25. The summed E-state index contributed by atoms with van der Waals surface area (Å²) < 4.78 is 18.7. The fourth-order valence-electron chi connectivity index (χ4n) is 11.8. The molecule has 5 rings (SSSR count). The molecule has 0 aliphatic rings. The highest BCUT2D eigenvalue weighted by molar-refractivity contribution is 6.10. The zero-order valence-electron chi connectivity index (χ0n) is 61.3. The third-order valence-corrected chi connectivity index (χ3v) is 17.3. The van der Waals surface area contributed by atoms with Gasteiger partial charge in [0.15, 0.2) is 0 Å². The summed E-state index contributed by atoms with van der Waals surface area (Å²) in [4.78, 5) is 157. The Kier molecular flexibility index (Phi) is 35.9. The van der Waals surface area contributed by atoms with E-state index in [2.05, 4.69) is 61.2 Å². The predicted molar refractivity (Wildman–Crippen MR) is 398 cm³/mol. The number of hydrogen-bond acceptors (Lipinski definition) is 13. The van der Waals surface area contributed by atoms with E-state index >= 15 is 0 Å². The summed E-state index contributed by atoms with van der Waals surface area (Å²) in [6.45, 7) is 19.0. The van der Waals surface area contributed by atoms with E-state index < -0.39 is 90.7 Å². The number of aromatic nitrogens is 5. The number of carbonyl (C=O) groups is 6. The molecule has 0 aliphatic carbocycles. The van der Waals surface area contributed by atoms with Crippen molar-refractivity contribution in [2.45, 2.75) is 293 Å². The number of nitrogens with one attached hydrogen (secondary N) is 5. The van der Waals surface area contributed by atoms with Crippen LogP contribution in [-0.4, -0.2) is 70.7 Å². The Bertz CT molecular complexity index is 3800. The number of pyridine rings is 5. The first-order valence-corrected chi connectivity index (χ1v) is 37.2. The van der Waals surface area contributed by atoms with Crippen LogP contribution in [0.1, 0.15) is 307 Å². The van der Waals surface area contributed by atoms with Crippen LogP contribution in [0.4, 0.5) is 33.2 Å². The van der Waals surface area contributed by atoms with Crippen molar-refractivity contribution in [3.63, 3.8) is 0 Å². The maximum absolute atomic E-state index is 14.9. The van der Waals surface area contributed by atoms with Crippen molar-refractivity contribution < 1.29 is 38.2 Å². The van der Waals surface area contributed by atoms with Gasteiger partial charge in [0.25, 0.3) is 23.6 Å². The van der Waals surface area contributed by atoms with Crippen LogP contribution in [0.15, 0.2) is 85.9 Å². The van der Waals surface area contributed by atoms with Crippen LogP contribution < -0.4 is 53.7 Å². The molecule has 0 unspecified atom stereocenters. The van der Waals surface area contributed by atoms with Crippen molar-refractivity contribution in [2.75, 3.05) is 33.2 Å². The van der Waals surface area contributed by atoms with Crippen molar-refractivity contribution in [1.29, 1.82) is 0 Å². The van der Waals surface area contributed by atoms with Gasteiger partial charge in [0.05, 0.1) is 6.61 Å². The molecule has 5 aromatic heterocycles. The molecule has 0 fully saturated rings. The second-order valence-electron chi connectivity index (χ2n) is 27.3. The third-order valence-electron chi connectivity index (χ3n) is 17.3. The van der Waals surface area contributed by atoms with Crippen LogP contribution >= 0.6 is 0 Å². The average molecular weight is 1390 g/mol. The number of carbonyl (C=O) groups excluding carboxylic acids is 6. The molecule has 0 radical (unpaired) electrons. The maximum Gasteiger partial charge on any atom is 0.412 e. The Labute approximate surface area is 590 Å². The summed E-state index contributed by atoms with van der Waals surface area (Å²) in [6, 6.07) is 0. The lowest BCUT2D eigenvalue weighted by Crippen LogP contribution is -2.33. The SMILES string of the molecule is CCCCCCCCn1cc(NC(=O)OC(C)(C)C)c(=O)c(C(=O)Nc2cn(CCCCCCCC)cc(C(=O)Nc3cn(CCCCCCCC)cc(C(=O)Nc4cn(CCCCCCCC)cc(C(=O)Nc5cn(CCCCCCCC)cc(C(=O)OCC)c5=O)c4=O)c3=O)c2=O)c1. The van der Waals surface area contributed by atoms with E-state index in [0.29, 0.717) is 51.9 Å². The normalized spacial score (nSPS) is 11.3. The highest BCUT2D eigenvalue weighted by Crippen LogP contribution is 2.20. The molecule has 5 heterocycles. The topological polar surface area (TPSA) is 291 Å². The van der Waals surface area contributed by atoms with Crippen molar-refractivity contribution in [2.24, 2.45) is 0 Å². The number of esters is 1. The van der Waals surface area contributed by atoms with Crippen LogP contribution in [0, 0.1) is 0 Å². The molecule has 5 aromatic rings. The Morgan fingerprint density at radius 2 is 0.510 bits per heavy atom.